The molecule has 0 saturated heterocycles. The van der Waals surface area contributed by atoms with Gasteiger partial charge < -0.3 is 0 Å². The van der Waals surface area contributed by atoms with Gasteiger partial charge in [-0.1, -0.05) is 54.0 Å². The van der Waals surface area contributed by atoms with Crippen LogP contribution in [0.3, 0.4) is 0 Å². The zero-order chi connectivity index (χ0) is 31.5. The van der Waals surface area contributed by atoms with Crippen LogP contribution in [0.5, 0.6) is 0 Å². The van der Waals surface area contributed by atoms with E-state index in [1.807, 2.05) is 37.0 Å². The zero-order valence-electron chi connectivity index (χ0n) is 25.9. The highest BCUT2D eigenvalue weighted by molar-refractivity contribution is 7.90. The lowest BCUT2D eigenvalue weighted by molar-refractivity contribution is -0.188. The Labute approximate surface area is 247 Å². The number of sulfonamides is 1. The quantitative estimate of drug-likeness (QED) is 0.255. The summed E-state index contributed by atoms with van der Waals surface area (Å²) in [6.07, 6.45) is 7.84. The molecule has 9 atom stereocenters. The Morgan fingerprint density at radius 2 is 1.57 bits per heavy atom. The fourth-order valence-corrected chi connectivity index (χ4v) is 11.9. The van der Waals surface area contributed by atoms with Crippen LogP contribution in [0.2, 0.25) is 0 Å². The molecule has 3 N–H and O–H groups in total. The lowest BCUT2D eigenvalue weighted by atomic mass is 9.33. The summed E-state index contributed by atoms with van der Waals surface area (Å²) in [5.74, 6) is -0.830. The number of hydrogen-bond donors (Lipinski definition) is 3. The van der Waals surface area contributed by atoms with Crippen molar-refractivity contribution in [2.24, 2.45) is 50.2 Å². The molecule has 0 radical (unpaired) electrons. The smallest absolute Gasteiger partial charge is 0.295 e. The number of amides is 1. The van der Waals surface area contributed by atoms with Crippen LogP contribution in [-0.2, 0) is 19.6 Å². The third-order valence-corrected chi connectivity index (χ3v) is 15.1. The van der Waals surface area contributed by atoms with Crippen molar-refractivity contribution in [1.29, 1.82) is 0 Å². The average Bonchev–Trinajstić information content (AvgIpc) is 2.86. The molecule has 1 amide bonds. The maximum atomic E-state index is 14.4. The second kappa shape index (κ2) is 9.28. The molecule has 5 aliphatic rings. The number of rotatable bonds is 3. The van der Waals surface area contributed by atoms with Crippen LogP contribution < -0.4 is 10.2 Å². The number of alkyl halides is 3. The molecule has 0 heterocycles. The molecule has 7 nitrogen and oxygen atoms in total. The van der Waals surface area contributed by atoms with E-state index in [4.69, 9.17) is 0 Å². The molecule has 0 bridgehead atoms. The topological polar surface area (TPSA) is 113 Å². The molecular formula is C31H47F3N2O5S. The summed E-state index contributed by atoms with van der Waals surface area (Å²) in [6, 6.07) is -0.889. The largest absolute Gasteiger partial charge is 0.511 e. The van der Waals surface area contributed by atoms with Gasteiger partial charge in [0.15, 0.2) is 5.78 Å². The fourth-order valence-electron chi connectivity index (χ4n) is 11.0. The summed E-state index contributed by atoms with van der Waals surface area (Å²) in [5, 5.41) is 9.47. The normalized spacial score (nSPS) is 46.8. The number of hydroxylamine groups is 1. The maximum Gasteiger partial charge on any atom is 0.511 e. The van der Waals surface area contributed by atoms with Gasteiger partial charge in [-0.05, 0) is 103 Å². The summed E-state index contributed by atoms with van der Waals surface area (Å²) in [5.41, 5.74) is -5.22. The van der Waals surface area contributed by atoms with Crippen LogP contribution in [0.25, 0.3) is 0 Å². The number of nitrogens with one attached hydrogen (secondary N) is 2. The van der Waals surface area contributed by atoms with Crippen LogP contribution in [0, 0.1) is 50.2 Å². The molecule has 238 valence electrons. The van der Waals surface area contributed by atoms with Gasteiger partial charge in [-0.3, -0.25) is 14.8 Å². The Kier molecular flexibility index (Phi) is 7.06. The number of carbonyl (C=O) groups excluding carboxylic acids is 2. The third kappa shape index (κ3) is 4.14. The Balaban J connectivity index is 1.54. The molecule has 0 aromatic heterocycles. The highest BCUT2D eigenvalue weighted by Crippen LogP contribution is 2.75. The van der Waals surface area contributed by atoms with Crippen LogP contribution in [0.15, 0.2) is 11.6 Å². The standard InChI is InChI=1S/C31H47F3N2O5S/c1-25(2)21-8-11-30(7)23(28(21,5)10-9-22(25)36-42(40,41)31(32,33)34)20(37)16-18-19-17-27(4,24(38)35-39)13-12-26(19,3)14-15-29(18,30)6/h16,19,21-23,36,39H,8-15,17H2,1-7H3,(H,35,38)/t19-,21?,22+,23+,26+,27-,28-,29+,30+/m0/s1. The number of fused-ring (bicyclic) bond motifs is 7. The third-order valence-electron chi connectivity index (χ3n) is 13.9. The molecule has 5 rings (SSSR count). The Hall–Kier alpha value is -1.46. The maximum absolute atomic E-state index is 14.4. The molecular weight excluding hydrogens is 569 g/mol. The second-order valence-corrected chi connectivity index (χ2v) is 17.9. The highest BCUT2D eigenvalue weighted by Gasteiger charge is 2.70. The Morgan fingerprint density at radius 3 is 2.17 bits per heavy atom. The molecule has 42 heavy (non-hydrogen) atoms. The number of ketones is 1. The molecule has 4 fully saturated rings. The number of halogens is 3. The van der Waals surface area contributed by atoms with E-state index in [1.54, 1.807) is 0 Å². The van der Waals surface area contributed by atoms with Gasteiger partial charge in [0, 0.05) is 17.4 Å². The lowest BCUT2D eigenvalue weighted by Crippen LogP contribution is -2.68. The first-order chi connectivity index (χ1) is 19.0. The molecule has 5 aliphatic carbocycles. The molecule has 0 aromatic rings. The molecule has 4 saturated carbocycles. The van der Waals surface area contributed by atoms with E-state index in [0.29, 0.717) is 32.1 Å². The summed E-state index contributed by atoms with van der Waals surface area (Å²) < 4.78 is 66.0. The van der Waals surface area contributed by atoms with Crippen LogP contribution >= 0.6 is 0 Å². The van der Waals surface area contributed by atoms with Gasteiger partial charge in [-0.2, -0.15) is 13.2 Å². The van der Waals surface area contributed by atoms with Gasteiger partial charge in [0.25, 0.3) is 0 Å². The second-order valence-electron chi connectivity index (χ2n) is 16.2. The zero-order valence-corrected chi connectivity index (χ0v) is 26.7. The molecule has 0 spiro atoms. The van der Waals surface area contributed by atoms with Crippen molar-refractivity contribution in [3.63, 3.8) is 0 Å². The van der Waals surface area contributed by atoms with E-state index >= 15 is 0 Å². The summed E-state index contributed by atoms with van der Waals surface area (Å²) >= 11 is 0. The number of allylic oxidation sites excluding steroid dienone is 2. The average molecular weight is 617 g/mol. The van der Waals surface area contributed by atoms with Crippen molar-refractivity contribution in [2.75, 3.05) is 0 Å². The minimum Gasteiger partial charge on any atom is -0.295 e. The molecule has 0 aromatic carbocycles. The first kappa shape index (κ1) is 31.9. The van der Waals surface area contributed by atoms with Crippen LogP contribution in [0.4, 0.5) is 13.2 Å². The first-order valence-electron chi connectivity index (χ1n) is 15.3. The Bertz CT molecular complexity index is 1330. The van der Waals surface area contributed by atoms with Gasteiger partial charge in [0.05, 0.1) is 0 Å². The number of carbonyl (C=O) groups is 2. The van der Waals surface area contributed by atoms with Crippen molar-refractivity contribution in [3.05, 3.63) is 11.6 Å². The molecule has 0 aliphatic heterocycles. The predicted molar refractivity (Wildman–Crippen MR) is 151 cm³/mol. The van der Waals surface area contributed by atoms with E-state index < -0.39 is 49.1 Å². The van der Waals surface area contributed by atoms with Gasteiger partial charge in [-0.25, -0.2) is 18.6 Å². The van der Waals surface area contributed by atoms with Crippen LogP contribution in [0.1, 0.15) is 106 Å². The van der Waals surface area contributed by atoms with E-state index in [1.165, 1.54) is 0 Å². The van der Waals surface area contributed by atoms with Crippen molar-refractivity contribution in [3.8, 4) is 0 Å². The summed E-state index contributed by atoms with van der Waals surface area (Å²) in [7, 11) is -5.50. The van der Waals surface area contributed by atoms with Crippen LogP contribution in [-0.4, -0.2) is 36.9 Å². The lowest BCUT2D eigenvalue weighted by Gasteiger charge is -2.70. The monoisotopic (exact) mass is 616 g/mol. The number of hydrogen-bond acceptors (Lipinski definition) is 5. The van der Waals surface area contributed by atoms with Gasteiger partial charge in [0.1, 0.15) is 0 Å². The van der Waals surface area contributed by atoms with Crippen molar-refractivity contribution < 1.29 is 36.4 Å². The van der Waals surface area contributed by atoms with E-state index in [9.17, 15) is 36.4 Å². The van der Waals surface area contributed by atoms with Gasteiger partial charge in [-0.15, -0.1) is 0 Å². The van der Waals surface area contributed by atoms with Crippen molar-refractivity contribution >= 4 is 21.7 Å². The summed E-state index contributed by atoms with van der Waals surface area (Å²) in [4.78, 5) is 27.2. The molecule has 11 heteroatoms. The Morgan fingerprint density at radius 1 is 0.952 bits per heavy atom. The molecule has 1 unspecified atom stereocenters. The van der Waals surface area contributed by atoms with Gasteiger partial charge >= 0.3 is 15.5 Å². The van der Waals surface area contributed by atoms with E-state index in [2.05, 4.69) is 27.7 Å². The van der Waals surface area contributed by atoms with E-state index in [-0.39, 0.29) is 40.8 Å². The highest BCUT2D eigenvalue weighted by atomic mass is 32.2. The first-order valence-corrected chi connectivity index (χ1v) is 16.8. The van der Waals surface area contributed by atoms with E-state index in [0.717, 1.165) is 24.8 Å². The minimum absolute atomic E-state index is 0.0171. The van der Waals surface area contributed by atoms with Crippen molar-refractivity contribution in [1.82, 2.24) is 10.2 Å². The summed E-state index contributed by atoms with van der Waals surface area (Å²) in [6.45, 7) is 14.4. The SMILES string of the molecule is CC1(C)C2CC[C@]3(C)[C@H](C(=O)C=C4[C@@H]5C[C@@](C)(C(=O)NO)CC[C@]5(C)CC[C@]43C)[C@@]2(C)CC[C@H]1NS(=O)(=O)C(F)(F)F. The van der Waals surface area contributed by atoms with Crippen molar-refractivity contribution in [2.45, 2.75) is 118 Å². The van der Waals surface area contributed by atoms with Gasteiger partial charge in [0.2, 0.25) is 5.91 Å². The fraction of sp³-hybridized carbons (Fsp3) is 0.871. The minimum atomic E-state index is -5.50. The predicted octanol–water partition coefficient (Wildman–Crippen LogP) is 6.28.